The van der Waals surface area contributed by atoms with Gasteiger partial charge in [0.25, 0.3) is 5.16 Å². The predicted octanol–water partition coefficient (Wildman–Crippen LogP) is 1.85. The monoisotopic (exact) mass is 188 g/mol. The van der Waals surface area contributed by atoms with Crippen molar-refractivity contribution in [3.63, 3.8) is 0 Å². The average Bonchev–Trinajstić information content (AvgIpc) is 1.86. The standard InChI is InChI=1S/C5H7F3O2S/c1-2-3-11(9,10)5(8)4(6)7/h2-3H2,1H3. The van der Waals surface area contributed by atoms with Crippen LogP contribution in [-0.2, 0) is 9.84 Å². The van der Waals surface area contributed by atoms with Gasteiger partial charge in [0, 0.05) is 0 Å². The van der Waals surface area contributed by atoms with Gasteiger partial charge in [0.15, 0.2) is 0 Å². The number of sulfone groups is 1. The molecule has 0 radical (unpaired) electrons. The third kappa shape index (κ3) is 2.92. The van der Waals surface area contributed by atoms with Gasteiger partial charge in [0.1, 0.15) is 0 Å². The molecule has 0 spiro atoms. The molecule has 0 saturated heterocycles. The highest BCUT2D eigenvalue weighted by molar-refractivity contribution is 7.95. The number of halogens is 3. The van der Waals surface area contributed by atoms with Gasteiger partial charge in [-0.05, 0) is 6.42 Å². The molecule has 0 aromatic carbocycles. The predicted molar refractivity (Wildman–Crippen MR) is 34.4 cm³/mol. The van der Waals surface area contributed by atoms with E-state index in [1.165, 1.54) is 6.92 Å². The minimum absolute atomic E-state index is 0.114. The fraction of sp³-hybridized carbons (Fsp3) is 0.600. The second-order valence-electron chi connectivity index (χ2n) is 1.85. The first-order valence-corrected chi connectivity index (χ1v) is 4.50. The van der Waals surface area contributed by atoms with Crippen molar-refractivity contribution in [3.8, 4) is 0 Å². The summed E-state index contributed by atoms with van der Waals surface area (Å²) >= 11 is 0. The highest BCUT2D eigenvalue weighted by Gasteiger charge is 2.21. The molecule has 2 nitrogen and oxygen atoms in total. The number of hydrogen-bond acceptors (Lipinski definition) is 2. The summed E-state index contributed by atoms with van der Waals surface area (Å²) < 4.78 is 55.7. The Kier molecular flexibility index (Phi) is 3.57. The first kappa shape index (κ1) is 10.5. The highest BCUT2D eigenvalue weighted by atomic mass is 32.2. The summed E-state index contributed by atoms with van der Waals surface area (Å²) in [6.07, 6.45) is -2.67. The lowest BCUT2D eigenvalue weighted by molar-refractivity contribution is 0.390. The van der Waals surface area contributed by atoms with Gasteiger partial charge in [-0.3, -0.25) is 0 Å². The van der Waals surface area contributed by atoms with E-state index in [1.54, 1.807) is 0 Å². The van der Waals surface area contributed by atoms with Gasteiger partial charge in [-0.25, -0.2) is 8.42 Å². The molecule has 0 aromatic rings. The van der Waals surface area contributed by atoms with Crippen molar-refractivity contribution in [1.29, 1.82) is 0 Å². The molecule has 0 aliphatic carbocycles. The smallest absolute Gasteiger partial charge is 0.221 e. The van der Waals surface area contributed by atoms with Crippen molar-refractivity contribution in [2.75, 3.05) is 5.75 Å². The molecule has 0 aliphatic heterocycles. The largest absolute Gasteiger partial charge is 0.317 e. The van der Waals surface area contributed by atoms with Crippen LogP contribution in [0.25, 0.3) is 0 Å². The van der Waals surface area contributed by atoms with Crippen LogP contribution in [0.15, 0.2) is 11.2 Å². The minimum Gasteiger partial charge on any atom is -0.221 e. The van der Waals surface area contributed by atoms with Crippen LogP contribution in [0.2, 0.25) is 0 Å². The zero-order valence-electron chi connectivity index (χ0n) is 5.77. The molecule has 0 bridgehead atoms. The van der Waals surface area contributed by atoms with Gasteiger partial charge < -0.3 is 0 Å². The van der Waals surface area contributed by atoms with Crippen molar-refractivity contribution in [3.05, 3.63) is 11.2 Å². The third-order valence-electron chi connectivity index (χ3n) is 0.894. The zero-order valence-corrected chi connectivity index (χ0v) is 6.59. The van der Waals surface area contributed by atoms with E-state index in [2.05, 4.69) is 0 Å². The van der Waals surface area contributed by atoms with Gasteiger partial charge in [-0.1, -0.05) is 6.92 Å². The molecule has 0 aromatic heterocycles. The topological polar surface area (TPSA) is 34.1 Å². The second-order valence-corrected chi connectivity index (χ2v) is 3.85. The van der Waals surface area contributed by atoms with E-state index in [0.717, 1.165) is 0 Å². The van der Waals surface area contributed by atoms with Crippen LogP contribution in [-0.4, -0.2) is 14.2 Å². The summed E-state index contributed by atoms with van der Waals surface area (Å²) in [5.74, 6) is -0.587. The molecule has 0 rings (SSSR count). The molecular formula is C5H7F3O2S. The van der Waals surface area contributed by atoms with Crippen LogP contribution >= 0.6 is 0 Å². The Morgan fingerprint density at radius 1 is 1.27 bits per heavy atom. The highest BCUT2D eigenvalue weighted by Crippen LogP contribution is 2.17. The number of rotatable bonds is 3. The fourth-order valence-corrected chi connectivity index (χ4v) is 1.43. The van der Waals surface area contributed by atoms with Gasteiger partial charge >= 0.3 is 6.08 Å². The van der Waals surface area contributed by atoms with Crippen molar-refractivity contribution in [2.45, 2.75) is 13.3 Å². The third-order valence-corrected chi connectivity index (χ3v) is 2.54. The molecule has 0 amide bonds. The molecule has 11 heavy (non-hydrogen) atoms. The normalized spacial score (nSPS) is 11.3. The van der Waals surface area contributed by atoms with E-state index in [1.807, 2.05) is 0 Å². The average molecular weight is 188 g/mol. The molecule has 0 fully saturated rings. The molecule has 66 valence electrons. The van der Waals surface area contributed by atoms with Crippen LogP contribution in [0.3, 0.4) is 0 Å². The van der Waals surface area contributed by atoms with Crippen LogP contribution in [0.4, 0.5) is 13.2 Å². The molecule has 0 aliphatic rings. The van der Waals surface area contributed by atoms with Gasteiger partial charge in [0.2, 0.25) is 9.84 Å². The Bertz CT molecular complexity index is 251. The van der Waals surface area contributed by atoms with Crippen LogP contribution in [0.5, 0.6) is 0 Å². The summed E-state index contributed by atoms with van der Waals surface area (Å²) in [6.45, 7) is 1.46. The maximum Gasteiger partial charge on any atom is 0.317 e. The summed E-state index contributed by atoms with van der Waals surface area (Å²) in [7, 11) is -4.35. The maximum atomic E-state index is 12.0. The molecular weight excluding hydrogens is 181 g/mol. The fourth-order valence-electron chi connectivity index (χ4n) is 0.476. The van der Waals surface area contributed by atoms with Crippen molar-refractivity contribution in [1.82, 2.24) is 0 Å². The first-order valence-electron chi connectivity index (χ1n) is 2.85. The van der Waals surface area contributed by atoms with Crippen LogP contribution < -0.4 is 0 Å². The van der Waals surface area contributed by atoms with Gasteiger partial charge in [-0.15, -0.1) is 0 Å². The van der Waals surface area contributed by atoms with Crippen molar-refractivity contribution >= 4 is 9.84 Å². The molecule has 6 heteroatoms. The van der Waals surface area contributed by atoms with E-state index < -0.39 is 26.8 Å². The molecule has 0 heterocycles. The summed E-state index contributed by atoms with van der Waals surface area (Å²) in [5.41, 5.74) is 0. The van der Waals surface area contributed by atoms with E-state index >= 15 is 0 Å². The van der Waals surface area contributed by atoms with Crippen LogP contribution in [0.1, 0.15) is 13.3 Å². The summed E-state index contributed by atoms with van der Waals surface area (Å²) in [5, 5.41) is -2.31. The van der Waals surface area contributed by atoms with Gasteiger partial charge in [-0.2, -0.15) is 13.2 Å². The second kappa shape index (κ2) is 3.75. The van der Waals surface area contributed by atoms with Gasteiger partial charge in [0.05, 0.1) is 5.75 Å². The Hall–Kier alpha value is -0.520. The molecule has 0 unspecified atom stereocenters. The van der Waals surface area contributed by atoms with E-state index in [-0.39, 0.29) is 6.42 Å². The Balaban J connectivity index is 4.73. The SMILES string of the molecule is CCCS(=O)(=O)C(F)=C(F)F. The van der Waals surface area contributed by atoms with E-state index in [0.29, 0.717) is 0 Å². The lowest BCUT2D eigenvalue weighted by atomic mass is 10.6. The van der Waals surface area contributed by atoms with E-state index in [9.17, 15) is 21.6 Å². The van der Waals surface area contributed by atoms with Crippen LogP contribution in [0, 0.1) is 0 Å². The molecule has 0 N–H and O–H groups in total. The maximum absolute atomic E-state index is 12.0. The summed E-state index contributed by atoms with van der Waals surface area (Å²) in [4.78, 5) is 0. The van der Waals surface area contributed by atoms with E-state index in [4.69, 9.17) is 0 Å². The first-order chi connectivity index (χ1) is 4.91. The van der Waals surface area contributed by atoms with Crippen molar-refractivity contribution < 1.29 is 21.6 Å². The number of hydrogen-bond donors (Lipinski definition) is 0. The zero-order chi connectivity index (χ0) is 9.07. The molecule has 0 saturated carbocycles. The quantitative estimate of drug-likeness (QED) is 0.677. The Labute approximate surface area is 62.6 Å². The van der Waals surface area contributed by atoms with Crippen molar-refractivity contribution in [2.24, 2.45) is 0 Å². The lowest BCUT2D eigenvalue weighted by Gasteiger charge is -1.95. The Morgan fingerprint density at radius 3 is 2.00 bits per heavy atom. The minimum atomic E-state index is -4.35. The molecule has 0 atom stereocenters. The Morgan fingerprint density at radius 2 is 1.73 bits per heavy atom. The summed E-state index contributed by atoms with van der Waals surface area (Å²) in [6, 6.07) is 0. The lowest BCUT2D eigenvalue weighted by Crippen LogP contribution is -2.05.